The summed E-state index contributed by atoms with van der Waals surface area (Å²) in [5, 5.41) is 0. The first-order valence-corrected chi connectivity index (χ1v) is 10.2. The lowest BCUT2D eigenvalue weighted by atomic mass is 9.77. The Balaban J connectivity index is 1.63. The van der Waals surface area contributed by atoms with Crippen molar-refractivity contribution >= 4 is 11.8 Å². The van der Waals surface area contributed by atoms with Gasteiger partial charge < -0.3 is 0 Å². The maximum atomic E-state index is 12.4. The number of alkyl halides is 3. The van der Waals surface area contributed by atoms with Crippen molar-refractivity contribution in [1.82, 2.24) is 0 Å². The average Bonchev–Trinajstić information content (AvgIpc) is 2.62. The lowest BCUT2D eigenvalue weighted by Gasteiger charge is -2.28. The molecule has 1 aliphatic carbocycles. The van der Waals surface area contributed by atoms with Crippen LogP contribution in [0.15, 0.2) is 53.4 Å². The van der Waals surface area contributed by atoms with Crippen molar-refractivity contribution in [2.75, 3.05) is 0 Å². The SMILES string of the molecule is CCCC1CCC(c2ccc(-c3ccc(SC(F)(F)F)cc3)cc2)CC1. The van der Waals surface area contributed by atoms with E-state index in [1.807, 2.05) is 0 Å². The number of hydrogen-bond acceptors (Lipinski definition) is 1. The second-order valence-corrected chi connectivity index (χ2v) is 8.34. The predicted octanol–water partition coefficient (Wildman–Crippen LogP) is 8.04. The number of rotatable bonds is 5. The van der Waals surface area contributed by atoms with E-state index in [1.165, 1.54) is 56.2 Å². The van der Waals surface area contributed by atoms with Crippen LogP contribution in [0.1, 0.15) is 56.9 Å². The number of benzene rings is 2. The van der Waals surface area contributed by atoms with E-state index in [4.69, 9.17) is 0 Å². The number of thioether (sulfide) groups is 1. The van der Waals surface area contributed by atoms with Gasteiger partial charge in [-0.1, -0.05) is 56.2 Å². The molecule has 140 valence electrons. The largest absolute Gasteiger partial charge is 0.446 e. The first-order valence-electron chi connectivity index (χ1n) is 9.40. The summed E-state index contributed by atoms with van der Waals surface area (Å²) in [6.45, 7) is 2.26. The zero-order chi connectivity index (χ0) is 18.6. The van der Waals surface area contributed by atoms with Gasteiger partial charge >= 0.3 is 5.51 Å². The quantitative estimate of drug-likeness (QED) is 0.474. The van der Waals surface area contributed by atoms with Crippen molar-refractivity contribution in [3.8, 4) is 11.1 Å². The summed E-state index contributed by atoms with van der Waals surface area (Å²) in [5.41, 5.74) is -0.834. The summed E-state index contributed by atoms with van der Waals surface area (Å²) < 4.78 is 37.2. The van der Waals surface area contributed by atoms with Crippen LogP contribution in [0.3, 0.4) is 0 Å². The third-order valence-electron chi connectivity index (χ3n) is 5.35. The maximum absolute atomic E-state index is 12.4. The predicted molar refractivity (Wildman–Crippen MR) is 103 cm³/mol. The van der Waals surface area contributed by atoms with Crippen LogP contribution in [0, 0.1) is 5.92 Å². The Morgan fingerprint density at radius 1 is 0.846 bits per heavy atom. The van der Waals surface area contributed by atoms with Crippen LogP contribution in [0.4, 0.5) is 13.2 Å². The summed E-state index contributed by atoms with van der Waals surface area (Å²) in [6.07, 6.45) is 7.84. The highest BCUT2D eigenvalue weighted by Gasteiger charge is 2.29. The van der Waals surface area contributed by atoms with Crippen LogP contribution in [0.2, 0.25) is 0 Å². The van der Waals surface area contributed by atoms with Gasteiger partial charge in [0.2, 0.25) is 0 Å². The van der Waals surface area contributed by atoms with Crippen molar-refractivity contribution in [1.29, 1.82) is 0 Å². The van der Waals surface area contributed by atoms with E-state index in [0.29, 0.717) is 5.92 Å². The molecular formula is C22H25F3S. The molecule has 0 radical (unpaired) electrons. The molecule has 0 atom stereocenters. The van der Waals surface area contributed by atoms with Gasteiger partial charge in [-0.25, -0.2) is 0 Å². The van der Waals surface area contributed by atoms with Crippen molar-refractivity contribution in [3.05, 3.63) is 54.1 Å². The number of halogens is 3. The highest BCUT2D eigenvalue weighted by atomic mass is 32.2. The molecule has 3 rings (SSSR count). The molecule has 1 fully saturated rings. The molecule has 0 saturated heterocycles. The van der Waals surface area contributed by atoms with Crippen molar-refractivity contribution in [3.63, 3.8) is 0 Å². The van der Waals surface area contributed by atoms with E-state index in [9.17, 15) is 13.2 Å². The molecule has 0 heterocycles. The van der Waals surface area contributed by atoms with Crippen LogP contribution >= 0.6 is 11.8 Å². The average molecular weight is 379 g/mol. The zero-order valence-corrected chi connectivity index (χ0v) is 15.9. The van der Waals surface area contributed by atoms with Crippen LogP contribution < -0.4 is 0 Å². The van der Waals surface area contributed by atoms with E-state index in [0.717, 1.165) is 17.0 Å². The molecule has 0 aromatic heterocycles. The van der Waals surface area contributed by atoms with Crippen molar-refractivity contribution in [2.45, 2.75) is 61.8 Å². The Bertz CT molecular complexity index is 681. The Morgan fingerprint density at radius 2 is 1.38 bits per heavy atom. The normalized spacial score (nSPS) is 20.9. The highest BCUT2D eigenvalue weighted by Crippen LogP contribution is 2.39. The summed E-state index contributed by atoms with van der Waals surface area (Å²) in [6, 6.07) is 15.2. The van der Waals surface area contributed by atoms with Gasteiger partial charge in [-0.3, -0.25) is 0 Å². The summed E-state index contributed by atoms with van der Waals surface area (Å²) >= 11 is -0.0706. The monoisotopic (exact) mass is 378 g/mol. The second kappa shape index (κ2) is 8.51. The standard InChI is InChI=1S/C22H25F3S/c1-2-3-16-4-6-17(7-5-16)18-8-10-19(11-9-18)20-12-14-21(15-13-20)26-22(23,24)25/h8-17H,2-7H2,1H3. The molecule has 1 saturated carbocycles. The molecule has 0 spiro atoms. The molecule has 0 nitrogen and oxygen atoms in total. The molecule has 0 bridgehead atoms. The van der Waals surface area contributed by atoms with Gasteiger partial charge in [-0.15, -0.1) is 0 Å². The van der Waals surface area contributed by atoms with Gasteiger partial charge in [0.05, 0.1) is 0 Å². The third-order valence-corrected chi connectivity index (χ3v) is 6.09. The van der Waals surface area contributed by atoms with Gasteiger partial charge in [0.15, 0.2) is 0 Å². The first kappa shape index (κ1) is 19.3. The van der Waals surface area contributed by atoms with Crippen molar-refractivity contribution in [2.24, 2.45) is 5.92 Å². The third kappa shape index (κ3) is 5.29. The molecule has 4 heteroatoms. The van der Waals surface area contributed by atoms with Gasteiger partial charge in [0, 0.05) is 4.90 Å². The minimum atomic E-state index is -4.24. The molecule has 0 aliphatic heterocycles. The Labute approximate surface area is 158 Å². The molecule has 0 unspecified atom stereocenters. The minimum Gasteiger partial charge on any atom is -0.160 e. The van der Waals surface area contributed by atoms with E-state index >= 15 is 0 Å². The van der Waals surface area contributed by atoms with Crippen LogP contribution in [-0.4, -0.2) is 5.51 Å². The highest BCUT2D eigenvalue weighted by molar-refractivity contribution is 8.00. The van der Waals surface area contributed by atoms with Gasteiger partial charge in [-0.2, -0.15) is 13.2 Å². The summed E-state index contributed by atoms with van der Waals surface area (Å²) in [5.74, 6) is 1.56. The fourth-order valence-electron chi connectivity index (χ4n) is 3.99. The summed E-state index contributed by atoms with van der Waals surface area (Å²) in [7, 11) is 0. The molecule has 0 N–H and O–H groups in total. The van der Waals surface area contributed by atoms with Gasteiger partial charge in [0.25, 0.3) is 0 Å². The molecule has 2 aromatic carbocycles. The number of hydrogen-bond donors (Lipinski definition) is 0. The fraction of sp³-hybridized carbons (Fsp3) is 0.455. The Morgan fingerprint density at radius 3 is 1.88 bits per heavy atom. The molecule has 0 amide bonds. The molecule has 26 heavy (non-hydrogen) atoms. The molecule has 2 aromatic rings. The molecule has 1 aliphatic rings. The summed E-state index contributed by atoms with van der Waals surface area (Å²) in [4.78, 5) is 0.224. The second-order valence-electron chi connectivity index (χ2n) is 7.20. The first-order chi connectivity index (χ1) is 12.4. The molecular weight excluding hydrogens is 353 g/mol. The smallest absolute Gasteiger partial charge is 0.160 e. The van der Waals surface area contributed by atoms with E-state index in [1.54, 1.807) is 12.1 Å². The lowest BCUT2D eigenvalue weighted by Crippen LogP contribution is -2.13. The van der Waals surface area contributed by atoms with E-state index in [2.05, 4.69) is 31.2 Å². The minimum absolute atomic E-state index is 0.0706. The van der Waals surface area contributed by atoms with Gasteiger partial charge in [0.1, 0.15) is 0 Å². The maximum Gasteiger partial charge on any atom is 0.446 e. The van der Waals surface area contributed by atoms with Gasteiger partial charge in [-0.05, 0) is 78.1 Å². The van der Waals surface area contributed by atoms with Crippen LogP contribution in [-0.2, 0) is 0 Å². The van der Waals surface area contributed by atoms with Crippen LogP contribution in [0.5, 0.6) is 0 Å². The van der Waals surface area contributed by atoms with E-state index < -0.39 is 5.51 Å². The fourth-order valence-corrected chi connectivity index (χ4v) is 4.53. The van der Waals surface area contributed by atoms with Crippen LogP contribution in [0.25, 0.3) is 11.1 Å². The van der Waals surface area contributed by atoms with Crippen molar-refractivity contribution < 1.29 is 13.2 Å². The zero-order valence-electron chi connectivity index (χ0n) is 15.1. The van der Waals surface area contributed by atoms with E-state index in [-0.39, 0.29) is 16.7 Å². The topological polar surface area (TPSA) is 0 Å². The Hall–Kier alpha value is -1.42. The lowest BCUT2D eigenvalue weighted by molar-refractivity contribution is -0.0328. The Kier molecular flexibility index (Phi) is 6.33.